The molecule has 0 saturated carbocycles. The second kappa shape index (κ2) is 6.47. The van der Waals surface area contributed by atoms with Crippen molar-refractivity contribution in [3.63, 3.8) is 0 Å². The first-order valence-corrected chi connectivity index (χ1v) is 5.72. The Balaban J connectivity index is 2.66. The van der Waals surface area contributed by atoms with Gasteiger partial charge in [0.05, 0.1) is 18.9 Å². The lowest BCUT2D eigenvalue weighted by molar-refractivity contribution is -0.116. The van der Waals surface area contributed by atoms with E-state index in [2.05, 4.69) is 5.32 Å². The van der Waals surface area contributed by atoms with E-state index in [1.807, 2.05) is 0 Å². The van der Waals surface area contributed by atoms with Crippen LogP contribution in [0.4, 0.5) is 5.69 Å². The van der Waals surface area contributed by atoms with Gasteiger partial charge in [0.2, 0.25) is 5.91 Å². The van der Waals surface area contributed by atoms with E-state index in [0.717, 1.165) is 0 Å². The molecule has 0 saturated heterocycles. The van der Waals surface area contributed by atoms with E-state index >= 15 is 0 Å². The minimum atomic E-state index is -0.484. The lowest BCUT2D eigenvalue weighted by atomic mass is 10.2. The summed E-state index contributed by atoms with van der Waals surface area (Å²) < 4.78 is 5.10. The Morgan fingerprint density at radius 3 is 2.88 bits per heavy atom. The van der Waals surface area contributed by atoms with Gasteiger partial charge in [-0.1, -0.05) is 11.6 Å². The number of hydrogen-bond acceptors (Lipinski definition) is 3. The molecule has 1 atom stereocenters. The van der Waals surface area contributed by atoms with E-state index in [1.54, 1.807) is 25.1 Å². The van der Waals surface area contributed by atoms with Crippen LogP contribution in [0.5, 0.6) is 5.75 Å². The number of benzene rings is 1. The van der Waals surface area contributed by atoms with Crippen LogP contribution < -0.4 is 10.1 Å². The van der Waals surface area contributed by atoms with E-state index < -0.39 is 6.10 Å². The fourth-order valence-corrected chi connectivity index (χ4v) is 1.50. The van der Waals surface area contributed by atoms with Crippen LogP contribution in [-0.4, -0.2) is 24.2 Å². The summed E-state index contributed by atoms with van der Waals surface area (Å²) in [6.45, 7) is 1.65. The van der Waals surface area contributed by atoms with Gasteiger partial charge in [-0.2, -0.15) is 0 Å². The zero-order valence-electron chi connectivity index (χ0n) is 9.87. The van der Waals surface area contributed by atoms with Crippen molar-refractivity contribution in [3.8, 4) is 5.75 Å². The van der Waals surface area contributed by atoms with E-state index in [1.165, 1.54) is 7.11 Å². The van der Waals surface area contributed by atoms with Crippen LogP contribution in [0.25, 0.3) is 0 Å². The Kier molecular flexibility index (Phi) is 5.25. The zero-order chi connectivity index (χ0) is 12.8. The Labute approximate surface area is 106 Å². The molecule has 2 N–H and O–H groups in total. The van der Waals surface area contributed by atoms with Crippen LogP contribution in [-0.2, 0) is 4.79 Å². The van der Waals surface area contributed by atoms with Gasteiger partial charge in [0.15, 0.2) is 0 Å². The predicted octanol–water partition coefficient (Wildman–Crippen LogP) is 2.45. The van der Waals surface area contributed by atoms with Crippen molar-refractivity contribution < 1.29 is 14.6 Å². The molecule has 94 valence electrons. The van der Waals surface area contributed by atoms with Gasteiger partial charge >= 0.3 is 0 Å². The van der Waals surface area contributed by atoms with Crippen LogP contribution in [0.3, 0.4) is 0 Å². The summed E-state index contributed by atoms with van der Waals surface area (Å²) in [4.78, 5) is 11.6. The van der Waals surface area contributed by atoms with Gasteiger partial charge in [-0.15, -0.1) is 0 Å². The SMILES string of the molecule is COc1ccc(Cl)cc1NC(=O)CCC(C)O. The van der Waals surface area contributed by atoms with Crippen molar-refractivity contribution >= 4 is 23.2 Å². The number of anilines is 1. The molecule has 0 radical (unpaired) electrons. The molecule has 0 spiro atoms. The number of hydrogen-bond donors (Lipinski definition) is 2. The third-order valence-electron chi connectivity index (χ3n) is 2.22. The fraction of sp³-hybridized carbons (Fsp3) is 0.417. The van der Waals surface area contributed by atoms with Crippen molar-refractivity contribution in [1.82, 2.24) is 0 Å². The highest BCUT2D eigenvalue weighted by Gasteiger charge is 2.09. The molecular weight excluding hydrogens is 242 g/mol. The summed E-state index contributed by atoms with van der Waals surface area (Å²) in [5.41, 5.74) is 0.538. The van der Waals surface area contributed by atoms with Gasteiger partial charge in [0.25, 0.3) is 0 Å². The number of aliphatic hydroxyl groups excluding tert-OH is 1. The van der Waals surface area contributed by atoms with Gasteiger partial charge in [0, 0.05) is 11.4 Å². The normalized spacial score (nSPS) is 12.0. The maximum Gasteiger partial charge on any atom is 0.224 e. The van der Waals surface area contributed by atoms with Crippen molar-refractivity contribution in [1.29, 1.82) is 0 Å². The largest absolute Gasteiger partial charge is 0.495 e. The van der Waals surface area contributed by atoms with E-state index in [-0.39, 0.29) is 12.3 Å². The van der Waals surface area contributed by atoms with Crippen molar-refractivity contribution in [2.75, 3.05) is 12.4 Å². The number of carbonyl (C=O) groups is 1. The third kappa shape index (κ3) is 4.63. The van der Waals surface area contributed by atoms with E-state index in [9.17, 15) is 4.79 Å². The molecule has 1 aromatic rings. The van der Waals surface area contributed by atoms with E-state index in [4.69, 9.17) is 21.4 Å². The molecule has 4 nitrogen and oxygen atoms in total. The molecular formula is C12H16ClNO3. The summed E-state index contributed by atoms with van der Waals surface area (Å²) in [5, 5.41) is 12.3. The highest BCUT2D eigenvalue weighted by Crippen LogP contribution is 2.27. The first-order chi connectivity index (χ1) is 8.02. The monoisotopic (exact) mass is 257 g/mol. The van der Waals surface area contributed by atoms with Gasteiger partial charge in [-0.25, -0.2) is 0 Å². The maximum absolute atomic E-state index is 11.6. The lowest BCUT2D eigenvalue weighted by Crippen LogP contribution is -2.14. The van der Waals surface area contributed by atoms with E-state index in [0.29, 0.717) is 22.9 Å². The second-order valence-corrected chi connectivity index (χ2v) is 4.22. The Hall–Kier alpha value is -1.26. The quantitative estimate of drug-likeness (QED) is 0.852. The molecule has 1 amide bonds. The molecule has 1 aromatic carbocycles. The van der Waals surface area contributed by atoms with Crippen LogP contribution in [0, 0.1) is 0 Å². The maximum atomic E-state index is 11.6. The highest BCUT2D eigenvalue weighted by molar-refractivity contribution is 6.31. The van der Waals surface area contributed by atoms with Crippen molar-refractivity contribution in [2.24, 2.45) is 0 Å². The standard InChI is InChI=1S/C12H16ClNO3/c1-8(15)3-6-12(16)14-10-7-9(13)4-5-11(10)17-2/h4-5,7-8,15H,3,6H2,1-2H3,(H,14,16). The first kappa shape index (κ1) is 13.8. The summed E-state index contributed by atoms with van der Waals surface area (Å²) in [6, 6.07) is 5.00. The minimum absolute atomic E-state index is 0.175. The molecule has 0 fully saturated rings. The Morgan fingerprint density at radius 2 is 2.29 bits per heavy atom. The molecule has 1 unspecified atom stereocenters. The number of ether oxygens (including phenoxy) is 1. The number of halogens is 1. The van der Waals surface area contributed by atoms with Crippen LogP contribution >= 0.6 is 11.6 Å². The van der Waals surface area contributed by atoms with Gasteiger partial charge in [-0.3, -0.25) is 4.79 Å². The van der Waals surface area contributed by atoms with Crippen LogP contribution in [0.2, 0.25) is 5.02 Å². The molecule has 17 heavy (non-hydrogen) atoms. The Morgan fingerprint density at radius 1 is 1.59 bits per heavy atom. The van der Waals surface area contributed by atoms with Gasteiger partial charge in [0.1, 0.15) is 5.75 Å². The topological polar surface area (TPSA) is 58.6 Å². The molecule has 0 heterocycles. The minimum Gasteiger partial charge on any atom is -0.495 e. The highest BCUT2D eigenvalue weighted by atomic mass is 35.5. The Bertz CT molecular complexity index is 393. The molecule has 0 aliphatic carbocycles. The molecule has 0 aliphatic heterocycles. The van der Waals surface area contributed by atoms with Gasteiger partial charge < -0.3 is 15.2 Å². The zero-order valence-corrected chi connectivity index (χ0v) is 10.6. The van der Waals surface area contributed by atoms with Crippen molar-refractivity contribution in [2.45, 2.75) is 25.9 Å². The van der Waals surface area contributed by atoms with Crippen LogP contribution in [0.15, 0.2) is 18.2 Å². The second-order valence-electron chi connectivity index (χ2n) is 3.78. The molecule has 1 rings (SSSR count). The average molecular weight is 258 g/mol. The number of methoxy groups -OCH3 is 1. The van der Waals surface area contributed by atoms with Crippen molar-refractivity contribution in [3.05, 3.63) is 23.2 Å². The number of nitrogens with one attached hydrogen (secondary N) is 1. The fourth-order valence-electron chi connectivity index (χ4n) is 1.33. The van der Waals surface area contributed by atoms with Crippen LogP contribution in [0.1, 0.15) is 19.8 Å². The smallest absolute Gasteiger partial charge is 0.224 e. The summed E-state index contributed by atoms with van der Waals surface area (Å²) >= 11 is 5.84. The summed E-state index contributed by atoms with van der Waals surface area (Å²) in [6.07, 6.45) is 0.198. The molecule has 0 bridgehead atoms. The summed E-state index contributed by atoms with van der Waals surface area (Å²) in [5.74, 6) is 0.381. The number of carbonyl (C=O) groups excluding carboxylic acids is 1. The van der Waals surface area contributed by atoms with Gasteiger partial charge in [-0.05, 0) is 31.5 Å². The summed E-state index contributed by atoms with van der Waals surface area (Å²) in [7, 11) is 1.52. The number of aliphatic hydroxyl groups is 1. The average Bonchev–Trinajstić information content (AvgIpc) is 2.27. The third-order valence-corrected chi connectivity index (χ3v) is 2.46. The lowest BCUT2D eigenvalue weighted by Gasteiger charge is -2.10. The number of rotatable bonds is 5. The first-order valence-electron chi connectivity index (χ1n) is 5.34. The molecule has 0 aliphatic rings. The number of amides is 1. The predicted molar refractivity (Wildman–Crippen MR) is 67.5 cm³/mol. The molecule has 5 heteroatoms. The molecule has 0 aromatic heterocycles.